The molecule has 5 N–H and O–H groups in total. The quantitative estimate of drug-likeness (QED) is 0.264. The van der Waals surface area contributed by atoms with E-state index < -0.39 is 34.5 Å². The molecule has 0 aromatic heterocycles. The number of carboxylic acids is 1. The zero-order valence-corrected chi connectivity index (χ0v) is 20.0. The molecule has 0 spiro atoms. The normalized spacial score (nSPS) is 15.7. The van der Waals surface area contributed by atoms with E-state index in [1.54, 1.807) is 0 Å². The summed E-state index contributed by atoms with van der Waals surface area (Å²) in [5.41, 5.74) is 0. The van der Waals surface area contributed by atoms with E-state index in [0.29, 0.717) is 16.8 Å². The SMILES string of the molecule is O=C(CCC1CCNCC1)NCCC(=O)NC[C@H](NS(=O)(=O)c1ccc(Br)cc1)C(=O)O. The number of piperidine rings is 1. The third-order valence-electron chi connectivity index (χ3n) is 5.14. The van der Waals surface area contributed by atoms with Gasteiger partial charge in [-0.15, -0.1) is 0 Å². The van der Waals surface area contributed by atoms with Gasteiger partial charge in [-0.05, 0) is 62.5 Å². The van der Waals surface area contributed by atoms with Crippen molar-refractivity contribution in [2.75, 3.05) is 26.2 Å². The van der Waals surface area contributed by atoms with Crippen LogP contribution in [0.5, 0.6) is 0 Å². The Balaban J connectivity index is 1.71. The van der Waals surface area contributed by atoms with Gasteiger partial charge in [-0.25, -0.2) is 8.42 Å². The second-order valence-electron chi connectivity index (χ2n) is 7.60. The first-order valence-electron chi connectivity index (χ1n) is 10.4. The lowest BCUT2D eigenvalue weighted by atomic mass is 9.93. The number of carbonyl (C=O) groups is 3. The molecule has 178 valence electrons. The van der Waals surface area contributed by atoms with E-state index >= 15 is 0 Å². The monoisotopic (exact) mass is 532 g/mol. The van der Waals surface area contributed by atoms with Crippen LogP contribution in [-0.4, -0.2) is 63.5 Å². The smallest absolute Gasteiger partial charge is 0.323 e. The fourth-order valence-electron chi connectivity index (χ4n) is 3.26. The Hall–Kier alpha value is -2.02. The third-order valence-corrected chi connectivity index (χ3v) is 7.15. The van der Waals surface area contributed by atoms with E-state index in [-0.39, 0.29) is 23.8 Å². The van der Waals surface area contributed by atoms with Gasteiger partial charge in [0.25, 0.3) is 0 Å². The molecule has 1 fully saturated rings. The Morgan fingerprint density at radius 2 is 1.69 bits per heavy atom. The molecule has 1 heterocycles. The number of carboxylic acid groups (broad SMARTS) is 1. The number of hydrogen-bond acceptors (Lipinski definition) is 6. The Kier molecular flexibility index (Phi) is 10.6. The molecule has 32 heavy (non-hydrogen) atoms. The molecule has 0 saturated carbocycles. The lowest BCUT2D eigenvalue weighted by molar-refractivity contribution is -0.138. The summed E-state index contributed by atoms with van der Waals surface area (Å²) in [5.74, 6) is -1.49. The van der Waals surface area contributed by atoms with Gasteiger partial charge in [-0.3, -0.25) is 14.4 Å². The van der Waals surface area contributed by atoms with Crippen molar-refractivity contribution in [3.63, 3.8) is 0 Å². The average Bonchev–Trinajstić information content (AvgIpc) is 2.76. The summed E-state index contributed by atoms with van der Waals surface area (Å²) in [4.78, 5) is 35.2. The minimum Gasteiger partial charge on any atom is -0.480 e. The summed E-state index contributed by atoms with van der Waals surface area (Å²) < 4.78 is 27.5. The van der Waals surface area contributed by atoms with Crippen LogP contribution in [0.25, 0.3) is 0 Å². The molecule has 0 bridgehead atoms. The van der Waals surface area contributed by atoms with Crippen LogP contribution in [-0.2, 0) is 24.4 Å². The van der Waals surface area contributed by atoms with Crippen molar-refractivity contribution in [1.82, 2.24) is 20.7 Å². The van der Waals surface area contributed by atoms with Crippen molar-refractivity contribution < 1.29 is 27.9 Å². The molecule has 1 aromatic rings. The van der Waals surface area contributed by atoms with Crippen LogP contribution in [0.15, 0.2) is 33.6 Å². The zero-order valence-electron chi connectivity index (χ0n) is 17.6. The fourth-order valence-corrected chi connectivity index (χ4v) is 4.72. The van der Waals surface area contributed by atoms with E-state index in [0.717, 1.165) is 32.4 Å². The molecule has 2 amide bonds. The molecule has 1 aromatic carbocycles. The van der Waals surface area contributed by atoms with Crippen molar-refractivity contribution >= 4 is 43.7 Å². The van der Waals surface area contributed by atoms with Gasteiger partial charge in [0.1, 0.15) is 6.04 Å². The Bertz CT molecular complexity index is 888. The fraction of sp³-hybridized carbons (Fsp3) is 0.550. The molecular formula is C20H29BrN4O6S. The molecule has 10 nitrogen and oxygen atoms in total. The highest BCUT2D eigenvalue weighted by Gasteiger charge is 2.26. The molecule has 1 saturated heterocycles. The summed E-state index contributed by atoms with van der Waals surface area (Å²) in [6.07, 6.45) is 3.31. The van der Waals surface area contributed by atoms with Gasteiger partial charge in [0.2, 0.25) is 21.8 Å². The number of benzene rings is 1. The van der Waals surface area contributed by atoms with Gasteiger partial charge in [0.15, 0.2) is 0 Å². The van der Waals surface area contributed by atoms with Crippen molar-refractivity contribution in [2.45, 2.75) is 43.0 Å². The van der Waals surface area contributed by atoms with Crippen LogP contribution in [0.4, 0.5) is 0 Å². The van der Waals surface area contributed by atoms with Crippen molar-refractivity contribution in [1.29, 1.82) is 0 Å². The molecule has 2 rings (SSSR count). The molecule has 0 radical (unpaired) electrons. The maximum atomic E-state index is 12.4. The van der Waals surface area contributed by atoms with E-state index in [1.807, 2.05) is 0 Å². The standard InChI is InChI=1S/C20H29BrN4O6S/c21-15-2-4-16(5-3-15)32(30,31)25-17(20(28)29)13-24-19(27)9-12-23-18(26)6-1-14-7-10-22-11-8-14/h2-5,14,17,22,25H,1,6-13H2,(H,23,26)(H,24,27)(H,28,29)/t17-/m0/s1. The summed E-state index contributed by atoms with van der Waals surface area (Å²) in [5, 5.41) is 17.7. The lowest BCUT2D eigenvalue weighted by Crippen LogP contribution is -2.48. The predicted molar refractivity (Wildman–Crippen MR) is 121 cm³/mol. The van der Waals surface area contributed by atoms with Crippen molar-refractivity contribution in [2.24, 2.45) is 5.92 Å². The summed E-state index contributed by atoms with van der Waals surface area (Å²) in [6.45, 7) is 1.65. The summed E-state index contributed by atoms with van der Waals surface area (Å²) in [7, 11) is -4.08. The van der Waals surface area contributed by atoms with Gasteiger partial charge in [0, 0.05) is 30.4 Å². The highest BCUT2D eigenvalue weighted by atomic mass is 79.9. The minimum atomic E-state index is -4.08. The van der Waals surface area contributed by atoms with E-state index in [9.17, 15) is 27.9 Å². The highest BCUT2D eigenvalue weighted by Crippen LogP contribution is 2.17. The van der Waals surface area contributed by atoms with E-state index in [2.05, 4.69) is 36.6 Å². The number of sulfonamides is 1. The molecule has 12 heteroatoms. The molecular weight excluding hydrogens is 504 g/mol. The molecule has 1 aliphatic rings. The Labute approximate surface area is 196 Å². The second-order valence-corrected chi connectivity index (χ2v) is 10.2. The molecule has 0 unspecified atom stereocenters. The first kappa shape index (κ1) is 26.2. The number of amides is 2. The average molecular weight is 533 g/mol. The van der Waals surface area contributed by atoms with Crippen molar-refractivity contribution in [3.05, 3.63) is 28.7 Å². The van der Waals surface area contributed by atoms with Crippen LogP contribution < -0.4 is 20.7 Å². The maximum absolute atomic E-state index is 12.4. The second kappa shape index (κ2) is 12.9. The van der Waals surface area contributed by atoms with Gasteiger partial charge in [0.05, 0.1) is 4.90 Å². The number of rotatable bonds is 12. The van der Waals surface area contributed by atoms with Crippen LogP contribution in [0.1, 0.15) is 32.1 Å². The third kappa shape index (κ3) is 9.23. The van der Waals surface area contributed by atoms with E-state index in [1.165, 1.54) is 24.3 Å². The predicted octanol–water partition coefficient (Wildman–Crippen LogP) is 0.583. The highest BCUT2D eigenvalue weighted by molar-refractivity contribution is 9.10. The lowest BCUT2D eigenvalue weighted by Gasteiger charge is -2.22. The van der Waals surface area contributed by atoms with Gasteiger partial charge < -0.3 is 21.1 Å². The maximum Gasteiger partial charge on any atom is 0.323 e. The first-order chi connectivity index (χ1) is 15.2. The minimum absolute atomic E-state index is 0.0368. The van der Waals surface area contributed by atoms with E-state index in [4.69, 9.17) is 0 Å². The van der Waals surface area contributed by atoms with Crippen molar-refractivity contribution in [3.8, 4) is 0 Å². The molecule has 0 aliphatic carbocycles. The van der Waals surface area contributed by atoms with Crippen LogP contribution in [0.3, 0.4) is 0 Å². The number of halogens is 1. The topological polar surface area (TPSA) is 154 Å². The van der Waals surface area contributed by atoms with Gasteiger partial charge in [-0.1, -0.05) is 15.9 Å². The molecule has 1 atom stereocenters. The Morgan fingerprint density at radius 3 is 2.31 bits per heavy atom. The van der Waals surface area contributed by atoms with Gasteiger partial charge in [-0.2, -0.15) is 4.72 Å². The molecule has 1 aliphatic heterocycles. The summed E-state index contributed by atoms with van der Waals surface area (Å²) in [6, 6.07) is 4.17. The van der Waals surface area contributed by atoms with Crippen LogP contribution >= 0.6 is 15.9 Å². The number of aliphatic carboxylic acids is 1. The summed E-state index contributed by atoms with van der Waals surface area (Å²) >= 11 is 3.20. The largest absolute Gasteiger partial charge is 0.480 e. The van der Waals surface area contributed by atoms with Gasteiger partial charge >= 0.3 is 5.97 Å². The zero-order chi connectivity index (χ0) is 23.6. The number of hydrogen-bond donors (Lipinski definition) is 5. The first-order valence-corrected chi connectivity index (χ1v) is 12.7. The Morgan fingerprint density at radius 1 is 1.06 bits per heavy atom. The number of nitrogens with one attached hydrogen (secondary N) is 4. The van der Waals surface area contributed by atoms with Crippen LogP contribution in [0, 0.1) is 5.92 Å². The number of carbonyl (C=O) groups excluding carboxylic acids is 2. The van der Waals surface area contributed by atoms with Crippen LogP contribution in [0.2, 0.25) is 0 Å².